The Bertz CT molecular complexity index is 878. The molecule has 9 heteroatoms. The maximum Gasteiger partial charge on any atom is 0.416 e. The quantitative estimate of drug-likeness (QED) is 0.644. The number of methoxy groups -OCH3 is 1. The number of para-hydroxylation sites is 1. The molecule has 3 aromatic rings. The number of aromatic amines is 1. The van der Waals surface area contributed by atoms with Gasteiger partial charge in [0.25, 0.3) is 0 Å². The number of aliphatic hydroxyl groups excluding tert-OH is 1. The predicted octanol–water partition coefficient (Wildman–Crippen LogP) is 3.66. The van der Waals surface area contributed by atoms with Crippen LogP contribution in [0, 0.1) is 0 Å². The van der Waals surface area contributed by atoms with Crippen LogP contribution in [-0.4, -0.2) is 27.4 Å². The van der Waals surface area contributed by atoms with Crippen LogP contribution < -0.4 is 10.1 Å². The van der Waals surface area contributed by atoms with E-state index in [1.807, 2.05) is 0 Å². The van der Waals surface area contributed by atoms with Gasteiger partial charge in [-0.05, 0) is 30.3 Å². The normalized spacial score (nSPS) is 12.7. The molecule has 0 aliphatic rings. The van der Waals surface area contributed by atoms with E-state index in [2.05, 4.69) is 20.5 Å². The molecule has 0 spiro atoms. The molecule has 2 aromatic carbocycles. The maximum atomic E-state index is 12.6. The summed E-state index contributed by atoms with van der Waals surface area (Å²) in [5.41, 5.74) is 0.146. The van der Waals surface area contributed by atoms with Crippen LogP contribution in [-0.2, 0) is 6.18 Å². The van der Waals surface area contributed by atoms with Crippen molar-refractivity contribution in [2.75, 3.05) is 12.4 Å². The van der Waals surface area contributed by atoms with Crippen molar-refractivity contribution in [1.29, 1.82) is 0 Å². The summed E-state index contributed by atoms with van der Waals surface area (Å²) in [5, 5.41) is 19.7. The van der Waals surface area contributed by atoms with Crippen LogP contribution >= 0.6 is 0 Å². The van der Waals surface area contributed by atoms with Gasteiger partial charge in [-0.1, -0.05) is 18.2 Å². The molecule has 0 amide bonds. The molecule has 26 heavy (non-hydrogen) atoms. The number of alkyl halides is 3. The summed E-state index contributed by atoms with van der Waals surface area (Å²) in [6.45, 7) is 0. The van der Waals surface area contributed by atoms with Gasteiger partial charge in [-0.15, -0.1) is 5.10 Å². The number of ether oxygens (including phenoxy) is 1. The number of anilines is 2. The summed E-state index contributed by atoms with van der Waals surface area (Å²) in [5.74, 6) is 0.784. The lowest BCUT2D eigenvalue weighted by Gasteiger charge is -2.12. The Morgan fingerprint density at radius 2 is 1.81 bits per heavy atom. The Kier molecular flexibility index (Phi) is 4.81. The number of halogens is 3. The maximum absolute atomic E-state index is 12.6. The number of benzene rings is 2. The lowest BCUT2D eigenvalue weighted by Crippen LogP contribution is -2.05. The average Bonchev–Trinajstić information content (AvgIpc) is 3.09. The summed E-state index contributed by atoms with van der Waals surface area (Å²) < 4.78 is 42.9. The van der Waals surface area contributed by atoms with E-state index in [0.717, 1.165) is 12.1 Å². The minimum absolute atomic E-state index is 0.119. The number of rotatable bonds is 5. The molecule has 0 radical (unpaired) electrons. The topological polar surface area (TPSA) is 83.1 Å². The highest BCUT2D eigenvalue weighted by Gasteiger charge is 2.30. The van der Waals surface area contributed by atoms with E-state index in [0.29, 0.717) is 17.0 Å². The number of aliphatic hydroxyl groups is 1. The lowest BCUT2D eigenvalue weighted by atomic mass is 10.1. The molecule has 0 saturated carbocycles. The number of nitrogens with zero attached hydrogens (tertiary/aromatic N) is 2. The molecule has 1 unspecified atom stereocenters. The summed E-state index contributed by atoms with van der Waals surface area (Å²) in [7, 11) is 1.49. The third kappa shape index (κ3) is 3.77. The van der Waals surface area contributed by atoms with Crippen molar-refractivity contribution in [3.8, 4) is 5.75 Å². The van der Waals surface area contributed by atoms with Gasteiger partial charge in [0, 0.05) is 11.3 Å². The number of aromatic nitrogens is 3. The van der Waals surface area contributed by atoms with Gasteiger partial charge in [0.1, 0.15) is 11.9 Å². The molecule has 0 saturated heterocycles. The van der Waals surface area contributed by atoms with E-state index < -0.39 is 17.8 Å². The highest BCUT2D eigenvalue weighted by atomic mass is 19.4. The van der Waals surface area contributed by atoms with Crippen LogP contribution in [0.2, 0.25) is 0 Å². The van der Waals surface area contributed by atoms with E-state index in [1.54, 1.807) is 24.3 Å². The molecule has 3 rings (SSSR count). The van der Waals surface area contributed by atoms with Gasteiger partial charge in [-0.25, -0.2) is 0 Å². The van der Waals surface area contributed by atoms with Gasteiger partial charge in [-0.2, -0.15) is 18.2 Å². The van der Waals surface area contributed by atoms with Crippen molar-refractivity contribution in [2.45, 2.75) is 12.3 Å². The van der Waals surface area contributed by atoms with Crippen molar-refractivity contribution < 1.29 is 23.0 Å². The summed E-state index contributed by atoms with van der Waals surface area (Å²) >= 11 is 0. The second kappa shape index (κ2) is 7.04. The summed E-state index contributed by atoms with van der Waals surface area (Å²) in [6, 6.07) is 11.4. The van der Waals surface area contributed by atoms with Gasteiger partial charge in [0.05, 0.1) is 12.7 Å². The molecule has 1 atom stereocenters. The van der Waals surface area contributed by atoms with Crippen LogP contribution in [0.25, 0.3) is 0 Å². The van der Waals surface area contributed by atoms with Crippen LogP contribution in [0.4, 0.5) is 24.8 Å². The van der Waals surface area contributed by atoms with Crippen LogP contribution in [0.5, 0.6) is 5.75 Å². The molecule has 1 aromatic heterocycles. The molecular formula is C17H15F3N4O2. The molecule has 3 N–H and O–H groups in total. The van der Waals surface area contributed by atoms with E-state index in [4.69, 9.17) is 4.74 Å². The Labute approximate surface area is 146 Å². The summed E-state index contributed by atoms with van der Waals surface area (Å²) in [4.78, 5) is 4.12. The molecule has 136 valence electrons. The molecule has 6 nitrogen and oxygen atoms in total. The van der Waals surface area contributed by atoms with Crippen LogP contribution in [0.15, 0.2) is 48.5 Å². The zero-order valence-electron chi connectivity index (χ0n) is 13.6. The van der Waals surface area contributed by atoms with Gasteiger partial charge in [-0.3, -0.25) is 5.10 Å². The fraction of sp³-hybridized carbons (Fsp3) is 0.176. The second-order valence-corrected chi connectivity index (χ2v) is 5.39. The van der Waals surface area contributed by atoms with E-state index in [1.165, 1.54) is 19.2 Å². The van der Waals surface area contributed by atoms with Crippen LogP contribution in [0.1, 0.15) is 23.1 Å². The molecule has 0 aliphatic heterocycles. The number of hydrogen-bond donors (Lipinski definition) is 3. The highest BCUT2D eigenvalue weighted by molar-refractivity contribution is 5.53. The van der Waals surface area contributed by atoms with Crippen molar-refractivity contribution >= 4 is 11.6 Å². The average molecular weight is 364 g/mol. The van der Waals surface area contributed by atoms with Gasteiger partial charge < -0.3 is 15.2 Å². The minimum atomic E-state index is -4.39. The van der Waals surface area contributed by atoms with Gasteiger partial charge >= 0.3 is 6.18 Å². The molecule has 0 aliphatic carbocycles. The smallest absolute Gasteiger partial charge is 0.416 e. The largest absolute Gasteiger partial charge is 0.496 e. The second-order valence-electron chi connectivity index (χ2n) is 5.39. The number of nitrogens with one attached hydrogen (secondary N) is 2. The Balaban J connectivity index is 1.75. The van der Waals surface area contributed by atoms with Gasteiger partial charge in [0.2, 0.25) is 5.95 Å². The Hall–Kier alpha value is -3.07. The van der Waals surface area contributed by atoms with Gasteiger partial charge in [0.15, 0.2) is 5.82 Å². The SMILES string of the molecule is COc1ccccc1C(O)c1nc(Nc2ccc(C(F)(F)F)cc2)n[nH]1. The minimum Gasteiger partial charge on any atom is -0.496 e. The highest BCUT2D eigenvalue weighted by Crippen LogP contribution is 2.31. The van der Waals surface area contributed by atoms with Crippen LogP contribution in [0.3, 0.4) is 0 Å². The lowest BCUT2D eigenvalue weighted by molar-refractivity contribution is -0.137. The van der Waals surface area contributed by atoms with Crippen molar-refractivity contribution in [3.05, 3.63) is 65.5 Å². The fourth-order valence-corrected chi connectivity index (χ4v) is 2.36. The van der Waals surface area contributed by atoms with E-state index in [-0.39, 0.29) is 11.8 Å². The first-order chi connectivity index (χ1) is 12.4. The monoisotopic (exact) mass is 364 g/mol. The zero-order chi connectivity index (χ0) is 18.7. The predicted molar refractivity (Wildman–Crippen MR) is 88.2 cm³/mol. The standard InChI is InChI=1S/C17H15F3N4O2/c1-26-13-5-3-2-4-12(13)14(25)15-22-16(24-23-15)21-11-8-6-10(7-9-11)17(18,19)20/h2-9,14,25H,1H3,(H2,21,22,23,24). The molecule has 0 bridgehead atoms. The third-order valence-electron chi connectivity index (χ3n) is 3.66. The van der Waals surface area contributed by atoms with Crippen molar-refractivity contribution in [3.63, 3.8) is 0 Å². The first-order valence-corrected chi connectivity index (χ1v) is 7.56. The first-order valence-electron chi connectivity index (χ1n) is 7.56. The van der Waals surface area contributed by atoms with E-state index in [9.17, 15) is 18.3 Å². The molecule has 1 heterocycles. The van der Waals surface area contributed by atoms with Crippen molar-refractivity contribution in [1.82, 2.24) is 15.2 Å². The number of hydrogen-bond acceptors (Lipinski definition) is 5. The first kappa shape index (κ1) is 17.7. The molecule has 0 fully saturated rings. The molecular weight excluding hydrogens is 349 g/mol. The zero-order valence-corrected chi connectivity index (χ0v) is 13.6. The number of H-pyrrole nitrogens is 1. The van der Waals surface area contributed by atoms with Crippen molar-refractivity contribution in [2.24, 2.45) is 0 Å². The Morgan fingerprint density at radius 1 is 1.12 bits per heavy atom. The van der Waals surface area contributed by atoms with E-state index >= 15 is 0 Å². The summed E-state index contributed by atoms with van der Waals surface area (Å²) in [6.07, 6.45) is -5.49. The Morgan fingerprint density at radius 3 is 2.46 bits per heavy atom. The fourth-order valence-electron chi connectivity index (χ4n) is 2.36. The third-order valence-corrected chi connectivity index (χ3v) is 3.66.